The Morgan fingerprint density at radius 1 is 0.792 bits per heavy atom. The van der Waals surface area contributed by atoms with Crippen LogP contribution in [0.4, 0.5) is 5.69 Å². The molecule has 1 heterocycles. The van der Waals surface area contributed by atoms with Crippen molar-refractivity contribution >= 4 is 32.5 Å². The zero-order valence-electron chi connectivity index (χ0n) is 29.9. The number of aryl methyl sites for hydroxylation is 2. The smallest absolute Gasteiger partial charge is 0.232 e. The molecular weight excluding hydrogens is 685 g/mol. The molecule has 5 aromatic carbocycles. The summed E-state index contributed by atoms with van der Waals surface area (Å²) in [5.74, 6) is 1.99. The first-order valence-electron chi connectivity index (χ1n) is 18.1. The largest absolute Gasteiger partial charge is 0.490 e. The maximum Gasteiger partial charge on any atom is 0.232 e. The SMILES string of the molecule is CS(=O)(=O)N(Cc1ccccc1)c1cc(C(=O)CNC(CCOc2cccc3c4c(oc23)CCCC4)c2ccccc2)ccc1OCc1ccccc1. The number of anilines is 1. The Balaban J connectivity index is 1.10. The molecule has 8 nitrogen and oxygen atoms in total. The van der Waals surface area contributed by atoms with Gasteiger partial charge < -0.3 is 19.2 Å². The average molecular weight is 729 g/mol. The van der Waals surface area contributed by atoms with Gasteiger partial charge in [0.05, 0.1) is 31.6 Å². The van der Waals surface area contributed by atoms with Crippen LogP contribution in [0.2, 0.25) is 0 Å². The quantitative estimate of drug-likeness (QED) is 0.0995. The molecule has 1 atom stereocenters. The highest BCUT2D eigenvalue weighted by Gasteiger charge is 2.25. The summed E-state index contributed by atoms with van der Waals surface area (Å²) in [6.45, 7) is 0.762. The van der Waals surface area contributed by atoms with Gasteiger partial charge in [0.25, 0.3) is 0 Å². The van der Waals surface area contributed by atoms with Gasteiger partial charge in [0.1, 0.15) is 18.1 Å². The van der Waals surface area contributed by atoms with Gasteiger partial charge in [-0.25, -0.2) is 8.42 Å². The van der Waals surface area contributed by atoms with Crippen LogP contribution in [0.15, 0.2) is 132 Å². The number of fused-ring (bicyclic) bond motifs is 3. The molecule has 0 fully saturated rings. The number of rotatable bonds is 16. The molecule has 1 N–H and O–H groups in total. The van der Waals surface area contributed by atoms with Gasteiger partial charge in [-0.05, 0) is 60.2 Å². The van der Waals surface area contributed by atoms with Crippen molar-refractivity contribution in [2.45, 2.75) is 51.3 Å². The number of hydrogen-bond donors (Lipinski definition) is 1. The normalized spacial score (nSPS) is 13.3. The van der Waals surface area contributed by atoms with E-state index < -0.39 is 10.0 Å². The van der Waals surface area contributed by atoms with Crippen LogP contribution in [0.5, 0.6) is 11.5 Å². The summed E-state index contributed by atoms with van der Waals surface area (Å²) in [5, 5.41) is 4.60. The van der Waals surface area contributed by atoms with E-state index in [0.29, 0.717) is 30.0 Å². The van der Waals surface area contributed by atoms with Crippen LogP contribution in [-0.4, -0.2) is 33.6 Å². The van der Waals surface area contributed by atoms with E-state index in [2.05, 4.69) is 11.4 Å². The van der Waals surface area contributed by atoms with Gasteiger partial charge in [-0.3, -0.25) is 9.10 Å². The number of para-hydroxylation sites is 1. The highest BCUT2D eigenvalue weighted by Crippen LogP contribution is 2.37. The Morgan fingerprint density at radius 3 is 2.23 bits per heavy atom. The molecule has 0 aliphatic heterocycles. The Hall–Kier alpha value is -5.38. The number of furan rings is 1. The molecular formula is C44H44N2O6S. The number of ether oxygens (including phenoxy) is 2. The van der Waals surface area contributed by atoms with Crippen LogP contribution in [0.1, 0.15) is 63.7 Å². The van der Waals surface area contributed by atoms with E-state index in [1.165, 1.54) is 22.5 Å². The lowest BCUT2D eigenvalue weighted by atomic mass is 9.96. The van der Waals surface area contributed by atoms with Crippen LogP contribution in [-0.2, 0) is 36.0 Å². The van der Waals surface area contributed by atoms with E-state index in [1.807, 2.05) is 103 Å². The number of carbonyl (C=O) groups excluding carboxylic acids is 1. The van der Waals surface area contributed by atoms with Crippen molar-refractivity contribution in [3.8, 4) is 11.5 Å². The van der Waals surface area contributed by atoms with Crippen molar-refractivity contribution in [3.05, 3.63) is 161 Å². The van der Waals surface area contributed by atoms with Crippen molar-refractivity contribution in [3.63, 3.8) is 0 Å². The molecule has 1 aliphatic rings. The van der Waals surface area contributed by atoms with Gasteiger partial charge >= 0.3 is 0 Å². The predicted molar refractivity (Wildman–Crippen MR) is 209 cm³/mol. The Morgan fingerprint density at radius 2 is 1.49 bits per heavy atom. The van der Waals surface area contributed by atoms with E-state index >= 15 is 0 Å². The third-order valence-electron chi connectivity index (χ3n) is 9.68. The van der Waals surface area contributed by atoms with Gasteiger partial charge in [-0.15, -0.1) is 0 Å². The van der Waals surface area contributed by atoms with E-state index in [0.717, 1.165) is 58.4 Å². The second-order valence-electron chi connectivity index (χ2n) is 13.5. The highest BCUT2D eigenvalue weighted by atomic mass is 32.2. The van der Waals surface area contributed by atoms with Gasteiger partial charge in [-0.2, -0.15) is 0 Å². The third-order valence-corrected chi connectivity index (χ3v) is 10.8. The Bertz CT molecular complexity index is 2260. The summed E-state index contributed by atoms with van der Waals surface area (Å²) in [7, 11) is -3.77. The van der Waals surface area contributed by atoms with E-state index in [-0.39, 0.29) is 31.5 Å². The van der Waals surface area contributed by atoms with Crippen LogP contribution in [0.3, 0.4) is 0 Å². The number of hydrogen-bond acceptors (Lipinski definition) is 7. The number of ketones is 1. The van der Waals surface area contributed by atoms with Crippen molar-refractivity contribution in [1.29, 1.82) is 0 Å². The predicted octanol–water partition coefficient (Wildman–Crippen LogP) is 8.84. The Labute approximate surface area is 311 Å². The molecule has 1 aromatic heterocycles. The maximum absolute atomic E-state index is 13.9. The van der Waals surface area contributed by atoms with Crippen molar-refractivity contribution in [2.75, 3.05) is 23.7 Å². The van der Waals surface area contributed by atoms with Crippen molar-refractivity contribution in [2.24, 2.45) is 0 Å². The number of benzene rings is 5. The molecule has 0 amide bonds. The van der Waals surface area contributed by atoms with Crippen LogP contribution < -0.4 is 19.1 Å². The standard InChI is InChI=1S/C44H44N2O6S/c1-53(48,49)46(30-32-14-5-2-6-15-32)39-28-35(24-25-42(39)51-31-33-16-7-3-8-17-33)40(47)29-45-38(34-18-9-4-10-19-34)26-27-50-43-23-13-21-37-36-20-11-12-22-41(36)52-44(37)43/h2-10,13-19,21,23-25,28,38,45H,11-12,20,22,26-27,29-31H2,1H3. The fourth-order valence-electron chi connectivity index (χ4n) is 6.92. The molecule has 272 valence electrons. The monoisotopic (exact) mass is 728 g/mol. The molecule has 53 heavy (non-hydrogen) atoms. The summed E-state index contributed by atoms with van der Waals surface area (Å²) < 4.78 is 46.7. The lowest BCUT2D eigenvalue weighted by Crippen LogP contribution is -2.31. The lowest BCUT2D eigenvalue weighted by Gasteiger charge is -2.26. The maximum atomic E-state index is 13.9. The third kappa shape index (κ3) is 8.81. The molecule has 7 rings (SSSR count). The first kappa shape index (κ1) is 36.0. The lowest BCUT2D eigenvalue weighted by molar-refractivity contribution is 0.0985. The van der Waals surface area contributed by atoms with Gasteiger partial charge in [0.15, 0.2) is 17.1 Å². The van der Waals surface area contributed by atoms with E-state index in [1.54, 1.807) is 18.2 Å². The van der Waals surface area contributed by atoms with E-state index in [9.17, 15) is 13.2 Å². The first-order chi connectivity index (χ1) is 25.8. The summed E-state index contributed by atoms with van der Waals surface area (Å²) in [4.78, 5) is 13.9. The molecule has 0 spiro atoms. The number of Topliss-reactive ketones (excluding diaryl/α,β-unsaturated/α-hetero) is 1. The molecule has 0 saturated heterocycles. The number of nitrogens with zero attached hydrogens (tertiary/aromatic N) is 1. The Kier molecular flexibility index (Phi) is 11.2. The zero-order chi connectivity index (χ0) is 36.6. The van der Waals surface area contributed by atoms with Gasteiger partial charge in [0.2, 0.25) is 10.0 Å². The number of sulfonamides is 1. The number of nitrogens with one attached hydrogen (secondary N) is 1. The molecule has 6 aromatic rings. The van der Waals surface area contributed by atoms with Crippen molar-refractivity contribution in [1.82, 2.24) is 5.32 Å². The average Bonchev–Trinajstić information content (AvgIpc) is 3.58. The van der Waals surface area contributed by atoms with Crippen LogP contribution >= 0.6 is 0 Å². The molecule has 0 radical (unpaired) electrons. The van der Waals surface area contributed by atoms with E-state index in [4.69, 9.17) is 13.9 Å². The molecule has 0 bridgehead atoms. The number of carbonyl (C=O) groups is 1. The molecule has 1 unspecified atom stereocenters. The fraction of sp³-hybridized carbons (Fsp3) is 0.250. The summed E-state index contributed by atoms with van der Waals surface area (Å²) >= 11 is 0. The minimum absolute atomic E-state index is 0.0290. The molecule has 1 aliphatic carbocycles. The minimum Gasteiger partial charge on any atom is -0.490 e. The first-order valence-corrected chi connectivity index (χ1v) is 20.0. The minimum atomic E-state index is -3.77. The van der Waals surface area contributed by atoms with Crippen molar-refractivity contribution < 1.29 is 27.1 Å². The second kappa shape index (κ2) is 16.5. The fourth-order valence-corrected chi connectivity index (χ4v) is 7.80. The summed E-state index contributed by atoms with van der Waals surface area (Å²) in [6.07, 6.45) is 6.08. The van der Waals surface area contributed by atoms with Gasteiger partial charge in [-0.1, -0.05) is 103 Å². The summed E-state index contributed by atoms with van der Waals surface area (Å²) in [6, 6.07) is 39.9. The molecule has 9 heteroatoms. The van der Waals surface area contributed by atoms with Crippen LogP contribution in [0.25, 0.3) is 11.0 Å². The second-order valence-corrected chi connectivity index (χ2v) is 15.4. The zero-order valence-corrected chi connectivity index (χ0v) is 30.7. The summed E-state index contributed by atoms with van der Waals surface area (Å²) in [5.41, 5.74) is 5.57. The van der Waals surface area contributed by atoms with Gasteiger partial charge in [0, 0.05) is 35.4 Å². The van der Waals surface area contributed by atoms with Crippen LogP contribution in [0, 0.1) is 0 Å². The molecule has 0 saturated carbocycles. The highest BCUT2D eigenvalue weighted by molar-refractivity contribution is 7.92. The topological polar surface area (TPSA) is 98.1 Å².